The predicted molar refractivity (Wildman–Crippen MR) is 90.8 cm³/mol. The first kappa shape index (κ1) is 16.7. The maximum atomic E-state index is 11.9. The molecule has 0 atom stereocenters. The number of carbonyl (C=O) groups is 1. The Morgan fingerprint density at radius 1 is 1.26 bits per heavy atom. The van der Waals surface area contributed by atoms with Gasteiger partial charge in [0.25, 0.3) is 5.91 Å². The molecule has 0 aliphatic carbocycles. The van der Waals surface area contributed by atoms with Gasteiger partial charge in [0, 0.05) is 17.5 Å². The van der Waals surface area contributed by atoms with Crippen molar-refractivity contribution in [2.75, 3.05) is 0 Å². The van der Waals surface area contributed by atoms with Crippen LogP contribution in [0.2, 0.25) is 0 Å². The molecule has 0 radical (unpaired) electrons. The van der Waals surface area contributed by atoms with Crippen molar-refractivity contribution in [1.29, 1.82) is 0 Å². The number of phenolic OH excluding ortho intramolecular Hbond substituents is 1. The van der Waals surface area contributed by atoms with Gasteiger partial charge in [-0.25, -0.2) is 5.43 Å². The molecular formula is C18H21N3O2. The molecule has 0 bridgehead atoms. The van der Waals surface area contributed by atoms with E-state index in [0.717, 1.165) is 11.3 Å². The molecule has 0 aliphatic rings. The number of carbonyl (C=O) groups excluding carboxylic acids is 1. The number of aromatic nitrogens is 1. The summed E-state index contributed by atoms with van der Waals surface area (Å²) in [6.45, 7) is 8.12. The van der Waals surface area contributed by atoms with Crippen LogP contribution in [0.4, 0.5) is 0 Å². The summed E-state index contributed by atoms with van der Waals surface area (Å²) in [6, 6.07) is 8.82. The number of benzene rings is 1. The summed E-state index contributed by atoms with van der Waals surface area (Å²) in [5, 5.41) is 13.8. The maximum absolute atomic E-state index is 11.9. The largest absolute Gasteiger partial charge is 0.507 e. The molecule has 0 saturated carbocycles. The second kappa shape index (κ2) is 6.60. The van der Waals surface area contributed by atoms with Gasteiger partial charge in [0.2, 0.25) is 0 Å². The number of nitrogens with one attached hydrogen (secondary N) is 1. The summed E-state index contributed by atoms with van der Waals surface area (Å²) < 4.78 is 0. The van der Waals surface area contributed by atoms with Crippen molar-refractivity contribution in [3.63, 3.8) is 0 Å². The monoisotopic (exact) mass is 311 g/mol. The lowest BCUT2D eigenvalue weighted by Crippen LogP contribution is -2.18. The van der Waals surface area contributed by atoms with Crippen molar-refractivity contribution in [3.8, 4) is 5.75 Å². The fourth-order valence-electron chi connectivity index (χ4n) is 1.95. The van der Waals surface area contributed by atoms with Crippen molar-refractivity contribution >= 4 is 12.1 Å². The van der Waals surface area contributed by atoms with E-state index >= 15 is 0 Å². The highest BCUT2D eigenvalue weighted by Crippen LogP contribution is 2.26. The number of aromatic hydroxyl groups is 1. The number of hydrazone groups is 1. The van der Waals surface area contributed by atoms with Gasteiger partial charge in [-0.2, -0.15) is 5.10 Å². The number of amides is 1. The first-order valence-electron chi connectivity index (χ1n) is 7.37. The Morgan fingerprint density at radius 3 is 2.61 bits per heavy atom. The summed E-state index contributed by atoms with van der Waals surface area (Å²) in [6.07, 6.45) is 2.93. The summed E-state index contributed by atoms with van der Waals surface area (Å²) in [4.78, 5) is 16.0. The number of pyridine rings is 1. The van der Waals surface area contributed by atoms with Crippen LogP contribution < -0.4 is 5.43 Å². The van der Waals surface area contributed by atoms with Gasteiger partial charge < -0.3 is 5.11 Å². The molecule has 23 heavy (non-hydrogen) atoms. The van der Waals surface area contributed by atoms with Gasteiger partial charge in [0.15, 0.2) is 0 Å². The minimum absolute atomic E-state index is 0.0346. The smallest absolute Gasteiger partial charge is 0.272 e. The second-order valence-electron chi connectivity index (χ2n) is 6.41. The zero-order valence-electron chi connectivity index (χ0n) is 13.8. The fraction of sp³-hybridized carbons (Fsp3) is 0.278. The summed E-state index contributed by atoms with van der Waals surface area (Å²) >= 11 is 0. The first-order valence-corrected chi connectivity index (χ1v) is 7.37. The van der Waals surface area contributed by atoms with E-state index < -0.39 is 0 Å². The molecule has 0 fully saturated rings. The van der Waals surface area contributed by atoms with Crippen molar-refractivity contribution in [2.24, 2.45) is 5.10 Å². The van der Waals surface area contributed by atoms with Gasteiger partial charge in [-0.15, -0.1) is 0 Å². The number of hydrogen-bond acceptors (Lipinski definition) is 4. The zero-order valence-corrected chi connectivity index (χ0v) is 13.8. The quantitative estimate of drug-likeness (QED) is 0.675. The van der Waals surface area contributed by atoms with Gasteiger partial charge in [-0.05, 0) is 42.2 Å². The Bertz CT molecular complexity index is 729. The first-order chi connectivity index (χ1) is 10.8. The summed E-state index contributed by atoms with van der Waals surface area (Å²) in [5.41, 5.74) is 5.30. The van der Waals surface area contributed by atoms with Crippen LogP contribution in [0, 0.1) is 6.92 Å². The van der Waals surface area contributed by atoms with E-state index in [2.05, 4.69) is 36.3 Å². The van der Waals surface area contributed by atoms with Gasteiger partial charge in [-0.1, -0.05) is 26.8 Å². The Kier molecular flexibility index (Phi) is 4.79. The Hall–Kier alpha value is -2.69. The Morgan fingerprint density at radius 2 is 2.00 bits per heavy atom. The molecular weight excluding hydrogens is 290 g/mol. The van der Waals surface area contributed by atoms with Crippen LogP contribution in [0.5, 0.6) is 5.75 Å². The highest BCUT2D eigenvalue weighted by molar-refractivity contribution is 5.94. The van der Waals surface area contributed by atoms with Crippen molar-refractivity contribution in [2.45, 2.75) is 33.1 Å². The van der Waals surface area contributed by atoms with Gasteiger partial charge >= 0.3 is 0 Å². The van der Waals surface area contributed by atoms with Crippen LogP contribution in [0.3, 0.4) is 0 Å². The van der Waals surface area contributed by atoms with E-state index in [0.29, 0.717) is 11.1 Å². The fourth-order valence-corrected chi connectivity index (χ4v) is 1.95. The number of hydrogen-bond donors (Lipinski definition) is 2. The zero-order chi connectivity index (χ0) is 17.0. The molecule has 0 saturated heterocycles. The number of rotatable bonds is 3. The van der Waals surface area contributed by atoms with Crippen LogP contribution in [0.1, 0.15) is 48.0 Å². The number of aryl methyl sites for hydroxylation is 1. The second-order valence-corrected chi connectivity index (χ2v) is 6.41. The molecule has 1 heterocycles. The lowest BCUT2D eigenvalue weighted by molar-refractivity contribution is 0.0954. The Labute approximate surface area is 136 Å². The molecule has 0 spiro atoms. The van der Waals surface area contributed by atoms with Gasteiger partial charge in [-0.3, -0.25) is 9.78 Å². The van der Waals surface area contributed by atoms with Crippen LogP contribution in [0.15, 0.2) is 41.6 Å². The SMILES string of the molecule is Cc1ccc(C(=O)N/N=C\c2cc(C(C)(C)C)ccc2O)cn1. The van der Waals surface area contributed by atoms with Crippen LogP contribution in [0.25, 0.3) is 0 Å². The Balaban J connectivity index is 2.11. The third-order valence-electron chi connectivity index (χ3n) is 3.44. The van der Waals surface area contributed by atoms with Crippen molar-refractivity contribution in [1.82, 2.24) is 10.4 Å². The average molecular weight is 311 g/mol. The van der Waals surface area contributed by atoms with E-state index in [9.17, 15) is 9.90 Å². The molecule has 1 aromatic carbocycles. The molecule has 1 aromatic heterocycles. The molecule has 1 amide bonds. The molecule has 120 valence electrons. The highest BCUT2D eigenvalue weighted by Gasteiger charge is 2.14. The van der Waals surface area contributed by atoms with Crippen LogP contribution >= 0.6 is 0 Å². The molecule has 5 heteroatoms. The third kappa shape index (κ3) is 4.39. The van der Waals surface area contributed by atoms with E-state index in [1.54, 1.807) is 18.2 Å². The molecule has 0 aliphatic heterocycles. The molecule has 2 N–H and O–H groups in total. The summed E-state index contributed by atoms with van der Waals surface area (Å²) in [7, 11) is 0. The number of phenols is 1. The maximum Gasteiger partial charge on any atom is 0.272 e. The van der Waals surface area contributed by atoms with E-state index in [-0.39, 0.29) is 17.1 Å². The van der Waals surface area contributed by atoms with E-state index in [1.165, 1.54) is 12.4 Å². The van der Waals surface area contributed by atoms with E-state index in [1.807, 2.05) is 19.1 Å². The number of nitrogens with zero attached hydrogens (tertiary/aromatic N) is 2. The molecule has 5 nitrogen and oxygen atoms in total. The van der Waals surface area contributed by atoms with Crippen LogP contribution in [-0.2, 0) is 5.41 Å². The third-order valence-corrected chi connectivity index (χ3v) is 3.44. The minimum atomic E-state index is -0.347. The highest BCUT2D eigenvalue weighted by atomic mass is 16.3. The topological polar surface area (TPSA) is 74.6 Å². The normalized spacial score (nSPS) is 11.7. The van der Waals surface area contributed by atoms with Crippen molar-refractivity contribution in [3.05, 3.63) is 58.9 Å². The average Bonchev–Trinajstić information content (AvgIpc) is 2.48. The van der Waals surface area contributed by atoms with Crippen LogP contribution in [-0.4, -0.2) is 22.2 Å². The molecule has 0 unspecified atom stereocenters. The minimum Gasteiger partial charge on any atom is -0.507 e. The van der Waals surface area contributed by atoms with E-state index in [4.69, 9.17) is 0 Å². The lowest BCUT2D eigenvalue weighted by Gasteiger charge is -2.19. The summed E-state index contributed by atoms with van der Waals surface area (Å²) in [5.74, 6) is -0.229. The molecule has 2 rings (SSSR count). The molecule has 2 aromatic rings. The lowest BCUT2D eigenvalue weighted by atomic mass is 9.86. The van der Waals surface area contributed by atoms with Gasteiger partial charge in [0.05, 0.1) is 11.8 Å². The van der Waals surface area contributed by atoms with Crippen molar-refractivity contribution < 1.29 is 9.90 Å². The van der Waals surface area contributed by atoms with Gasteiger partial charge in [0.1, 0.15) is 5.75 Å². The standard InChI is InChI=1S/C18H21N3O2/c1-12-5-6-13(10-19-12)17(23)21-20-11-14-9-15(18(2,3)4)7-8-16(14)22/h5-11,22H,1-4H3,(H,21,23)/b20-11-. The predicted octanol–water partition coefficient (Wildman–Crippen LogP) is 3.16.